The molecule has 1 fully saturated rings. The summed E-state index contributed by atoms with van der Waals surface area (Å²) in [7, 11) is 0. The van der Waals surface area contributed by atoms with Gasteiger partial charge in [-0.05, 0) is 49.8 Å². The summed E-state index contributed by atoms with van der Waals surface area (Å²) in [6.45, 7) is 2.92. The van der Waals surface area contributed by atoms with E-state index in [1.165, 1.54) is 29.7 Å². The molecule has 116 valence electrons. The van der Waals surface area contributed by atoms with E-state index in [2.05, 4.69) is 67.6 Å². The summed E-state index contributed by atoms with van der Waals surface area (Å²) in [5.74, 6) is 0.766. The van der Waals surface area contributed by atoms with Crippen LogP contribution in [0.2, 0.25) is 0 Å². The van der Waals surface area contributed by atoms with Gasteiger partial charge in [-0.1, -0.05) is 48.5 Å². The molecule has 1 aliphatic carbocycles. The summed E-state index contributed by atoms with van der Waals surface area (Å²) in [6.07, 6.45) is 4.08. The molecule has 0 amide bonds. The Bertz CT molecular complexity index is 554. The van der Waals surface area contributed by atoms with Gasteiger partial charge < -0.3 is 4.74 Å². The zero-order chi connectivity index (χ0) is 15.2. The molecule has 1 aliphatic rings. The van der Waals surface area contributed by atoms with Crippen molar-refractivity contribution in [3.8, 4) is 0 Å². The minimum absolute atomic E-state index is 0.427. The molecule has 1 nitrogen and oxygen atoms in total. The molecule has 0 unspecified atom stereocenters. The normalized spacial score (nSPS) is 24.0. The van der Waals surface area contributed by atoms with Crippen molar-refractivity contribution in [1.29, 1.82) is 0 Å². The topological polar surface area (TPSA) is 9.23 Å². The summed E-state index contributed by atoms with van der Waals surface area (Å²) < 4.78 is 5.92. The van der Waals surface area contributed by atoms with E-state index in [1.807, 2.05) is 11.8 Å². The number of ether oxygens (including phenoxy) is 1. The lowest BCUT2D eigenvalue weighted by atomic mass is 9.78. The molecule has 0 aromatic heterocycles. The van der Waals surface area contributed by atoms with Crippen molar-refractivity contribution in [1.82, 2.24) is 0 Å². The smallest absolute Gasteiger partial charge is 0.0702 e. The van der Waals surface area contributed by atoms with Crippen molar-refractivity contribution >= 4 is 11.8 Å². The van der Waals surface area contributed by atoms with Gasteiger partial charge in [-0.15, -0.1) is 11.8 Å². The lowest BCUT2D eigenvalue weighted by molar-refractivity contribution is -0.0189. The minimum Gasteiger partial charge on any atom is -0.377 e. The van der Waals surface area contributed by atoms with Crippen LogP contribution in [0.1, 0.15) is 25.3 Å². The molecular weight excluding hydrogens is 288 g/mol. The van der Waals surface area contributed by atoms with E-state index >= 15 is 0 Å². The number of thioether (sulfide) groups is 1. The van der Waals surface area contributed by atoms with E-state index in [0.717, 1.165) is 12.5 Å². The Morgan fingerprint density at radius 1 is 1.00 bits per heavy atom. The first kappa shape index (κ1) is 15.6. The lowest BCUT2D eigenvalue weighted by Gasteiger charge is -2.44. The SMILES string of the molecule is CCO[C@H]1C[C@@H](CCc2ccccc2)[C@@H]1Sc1ccccc1. The molecule has 3 atom stereocenters. The Labute approximate surface area is 138 Å². The Balaban J connectivity index is 1.58. The molecule has 0 radical (unpaired) electrons. The molecule has 3 rings (SSSR count). The van der Waals surface area contributed by atoms with E-state index in [4.69, 9.17) is 4.74 Å². The lowest BCUT2D eigenvalue weighted by Crippen LogP contribution is -2.46. The summed E-state index contributed by atoms with van der Waals surface area (Å²) in [6, 6.07) is 21.6. The molecule has 0 aliphatic heterocycles. The maximum atomic E-state index is 5.92. The van der Waals surface area contributed by atoms with Crippen LogP contribution in [-0.4, -0.2) is 18.0 Å². The standard InChI is InChI=1S/C20H24OS/c1-2-21-19-15-17(14-13-16-9-5-3-6-10-16)20(19)22-18-11-7-4-8-12-18/h3-12,17,19-20H,2,13-15H2,1H3/t17-,19+,20+/m1/s1. The molecule has 0 N–H and O–H groups in total. The highest BCUT2D eigenvalue weighted by Gasteiger charge is 2.41. The zero-order valence-corrected chi connectivity index (χ0v) is 14.0. The summed E-state index contributed by atoms with van der Waals surface area (Å²) in [4.78, 5) is 1.36. The third-order valence-electron chi connectivity index (χ3n) is 4.41. The Morgan fingerprint density at radius 2 is 1.68 bits per heavy atom. The molecule has 1 saturated carbocycles. The first-order valence-corrected chi connectivity index (χ1v) is 9.12. The van der Waals surface area contributed by atoms with Crippen molar-refractivity contribution in [3.63, 3.8) is 0 Å². The zero-order valence-electron chi connectivity index (χ0n) is 13.2. The van der Waals surface area contributed by atoms with Gasteiger partial charge in [-0.25, -0.2) is 0 Å². The maximum absolute atomic E-state index is 5.92. The van der Waals surface area contributed by atoms with Gasteiger partial charge in [0.2, 0.25) is 0 Å². The second-order valence-corrected chi connectivity index (χ2v) is 7.16. The Morgan fingerprint density at radius 3 is 2.36 bits per heavy atom. The van der Waals surface area contributed by atoms with Crippen LogP contribution < -0.4 is 0 Å². The quantitative estimate of drug-likeness (QED) is 0.694. The number of rotatable bonds is 7. The summed E-state index contributed by atoms with van der Waals surface area (Å²) in [5.41, 5.74) is 1.45. The van der Waals surface area contributed by atoms with Crippen LogP contribution >= 0.6 is 11.8 Å². The van der Waals surface area contributed by atoms with E-state index in [9.17, 15) is 0 Å². The highest BCUT2D eigenvalue weighted by Crippen LogP contribution is 2.45. The largest absolute Gasteiger partial charge is 0.377 e. The third-order valence-corrected chi connectivity index (χ3v) is 5.91. The first-order chi connectivity index (χ1) is 10.9. The maximum Gasteiger partial charge on any atom is 0.0702 e. The molecule has 0 bridgehead atoms. The average Bonchev–Trinajstić information content (AvgIpc) is 2.57. The molecule has 2 aromatic carbocycles. The van der Waals surface area contributed by atoms with Gasteiger partial charge >= 0.3 is 0 Å². The molecular formula is C20H24OS. The van der Waals surface area contributed by atoms with Gasteiger partial charge in [0.25, 0.3) is 0 Å². The molecule has 2 aromatic rings. The van der Waals surface area contributed by atoms with Crippen molar-refractivity contribution in [3.05, 3.63) is 66.2 Å². The van der Waals surface area contributed by atoms with Crippen LogP contribution in [-0.2, 0) is 11.2 Å². The highest BCUT2D eigenvalue weighted by molar-refractivity contribution is 8.00. The van der Waals surface area contributed by atoms with Crippen LogP contribution in [0.25, 0.3) is 0 Å². The van der Waals surface area contributed by atoms with Crippen LogP contribution in [0.3, 0.4) is 0 Å². The molecule has 0 saturated heterocycles. The van der Waals surface area contributed by atoms with Crippen LogP contribution in [0.15, 0.2) is 65.6 Å². The fraction of sp³-hybridized carbons (Fsp3) is 0.400. The monoisotopic (exact) mass is 312 g/mol. The van der Waals surface area contributed by atoms with E-state index in [1.54, 1.807) is 0 Å². The van der Waals surface area contributed by atoms with Crippen molar-refractivity contribution in [2.45, 2.75) is 42.4 Å². The van der Waals surface area contributed by atoms with E-state index < -0.39 is 0 Å². The van der Waals surface area contributed by atoms with Crippen LogP contribution in [0.5, 0.6) is 0 Å². The fourth-order valence-electron chi connectivity index (χ4n) is 3.16. The number of aryl methyl sites for hydroxylation is 1. The summed E-state index contributed by atoms with van der Waals surface area (Å²) >= 11 is 2.00. The van der Waals surface area contributed by atoms with Gasteiger partial charge in [-0.2, -0.15) is 0 Å². The van der Waals surface area contributed by atoms with Gasteiger partial charge in [0.1, 0.15) is 0 Å². The third kappa shape index (κ3) is 3.93. The molecule has 22 heavy (non-hydrogen) atoms. The van der Waals surface area contributed by atoms with Gasteiger partial charge in [0, 0.05) is 16.8 Å². The second kappa shape index (κ2) is 7.85. The Hall–Kier alpha value is -1.25. The van der Waals surface area contributed by atoms with E-state index in [-0.39, 0.29) is 0 Å². The second-order valence-electron chi connectivity index (χ2n) is 5.91. The molecule has 2 heteroatoms. The van der Waals surface area contributed by atoms with Crippen molar-refractivity contribution in [2.24, 2.45) is 5.92 Å². The van der Waals surface area contributed by atoms with Crippen molar-refractivity contribution < 1.29 is 4.74 Å². The highest BCUT2D eigenvalue weighted by atomic mass is 32.2. The number of benzene rings is 2. The fourth-order valence-corrected chi connectivity index (χ4v) is 4.57. The number of hydrogen-bond acceptors (Lipinski definition) is 2. The Kier molecular flexibility index (Phi) is 5.58. The summed E-state index contributed by atoms with van der Waals surface area (Å²) in [5, 5.41) is 0.603. The average molecular weight is 312 g/mol. The van der Waals surface area contributed by atoms with Gasteiger partial charge in [0.15, 0.2) is 0 Å². The molecule has 0 spiro atoms. The first-order valence-electron chi connectivity index (χ1n) is 8.24. The van der Waals surface area contributed by atoms with Crippen LogP contribution in [0.4, 0.5) is 0 Å². The van der Waals surface area contributed by atoms with Gasteiger partial charge in [0.05, 0.1) is 6.10 Å². The predicted molar refractivity (Wildman–Crippen MR) is 94.4 cm³/mol. The number of hydrogen-bond donors (Lipinski definition) is 0. The molecule has 0 heterocycles. The van der Waals surface area contributed by atoms with E-state index in [0.29, 0.717) is 11.4 Å². The van der Waals surface area contributed by atoms with Crippen molar-refractivity contribution in [2.75, 3.05) is 6.61 Å². The van der Waals surface area contributed by atoms with Gasteiger partial charge in [-0.3, -0.25) is 0 Å². The minimum atomic E-state index is 0.427. The van der Waals surface area contributed by atoms with Crippen LogP contribution in [0, 0.1) is 5.92 Å². The predicted octanol–water partition coefficient (Wildman–Crippen LogP) is 5.21.